The van der Waals surface area contributed by atoms with E-state index >= 15 is 0 Å². The zero-order valence-electron chi connectivity index (χ0n) is 12.4. The molecule has 2 unspecified atom stereocenters. The minimum absolute atomic E-state index is 0.0117. The van der Waals surface area contributed by atoms with Crippen LogP contribution in [0.25, 0.3) is 0 Å². The van der Waals surface area contributed by atoms with Crippen molar-refractivity contribution in [3.8, 4) is 0 Å². The molecule has 2 atom stereocenters. The number of nitrogens with zero attached hydrogens (tertiary/aromatic N) is 2. The Hall–Kier alpha value is -1.62. The van der Waals surface area contributed by atoms with Gasteiger partial charge >= 0.3 is 0 Å². The average molecular weight is 291 g/mol. The summed E-state index contributed by atoms with van der Waals surface area (Å²) in [6.07, 6.45) is 1.08. The number of amides is 1. The van der Waals surface area contributed by atoms with E-state index in [1.54, 1.807) is 12.1 Å². The Kier molecular flexibility index (Phi) is 4.10. The van der Waals surface area contributed by atoms with E-state index in [2.05, 4.69) is 17.1 Å². The first-order chi connectivity index (χ1) is 10.1. The van der Waals surface area contributed by atoms with Gasteiger partial charge in [0.25, 0.3) is 0 Å². The molecular formula is C16H22FN3O. The second kappa shape index (κ2) is 6.02. The molecule has 0 spiro atoms. The second-order valence-corrected chi connectivity index (χ2v) is 5.99. The number of carbonyl (C=O) groups is 1. The first-order valence-corrected chi connectivity index (χ1v) is 7.68. The third kappa shape index (κ3) is 3.02. The Morgan fingerprint density at radius 1 is 1.19 bits per heavy atom. The Balaban J connectivity index is 1.57. The summed E-state index contributed by atoms with van der Waals surface area (Å²) in [6.45, 7) is 6.16. The monoisotopic (exact) mass is 291 g/mol. The van der Waals surface area contributed by atoms with Crippen LogP contribution in [0.3, 0.4) is 0 Å². The summed E-state index contributed by atoms with van der Waals surface area (Å²) in [5, 5.41) is 3.31. The van der Waals surface area contributed by atoms with Crippen LogP contribution in [0.1, 0.15) is 13.3 Å². The van der Waals surface area contributed by atoms with Gasteiger partial charge in [-0.25, -0.2) is 4.39 Å². The van der Waals surface area contributed by atoms with Gasteiger partial charge in [-0.1, -0.05) is 6.92 Å². The molecule has 0 bridgehead atoms. The molecule has 3 rings (SSSR count). The minimum Gasteiger partial charge on any atom is -0.368 e. The Morgan fingerprint density at radius 2 is 1.86 bits per heavy atom. The van der Waals surface area contributed by atoms with Gasteiger partial charge in [-0.3, -0.25) is 4.79 Å². The van der Waals surface area contributed by atoms with Crippen molar-refractivity contribution in [1.29, 1.82) is 0 Å². The van der Waals surface area contributed by atoms with E-state index in [1.807, 2.05) is 4.90 Å². The molecule has 2 heterocycles. The summed E-state index contributed by atoms with van der Waals surface area (Å²) in [4.78, 5) is 16.7. The number of nitrogens with one attached hydrogen (secondary N) is 1. The summed E-state index contributed by atoms with van der Waals surface area (Å²) in [6, 6.07) is 6.55. The van der Waals surface area contributed by atoms with Gasteiger partial charge in [0.15, 0.2) is 0 Å². The van der Waals surface area contributed by atoms with E-state index in [-0.39, 0.29) is 17.8 Å². The fraction of sp³-hybridized carbons (Fsp3) is 0.562. The highest BCUT2D eigenvalue weighted by atomic mass is 19.1. The molecule has 114 valence electrons. The zero-order valence-corrected chi connectivity index (χ0v) is 12.4. The van der Waals surface area contributed by atoms with Gasteiger partial charge in [-0.05, 0) is 43.1 Å². The number of piperazine rings is 1. The van der Waals surface area contributed by atoms with Crippen molar-refractivity contribution in [3.63, 3.8) is 0 Å². The Labute approximate surface area is 124 Å². The average Bonchev–Trinajstić information content (AvgIpc) is 2.94. The fourth-order valence-corrected chi connectivity index (χ4v) is 3.20. The molecule has 1 aromatic carbocycles. The van der Waals surface area contributed by atoms with Crippen LogP contribution in [0, 0.1) is 11.7 Å². The van der Waals surface area contributed by atoms with Crippen LogP contribution in [-0.2, 0) is 4.79 Å². The van der Waals surface area contributed by atoms with Gasteiger partial charge in [-0.15, -0.1) is 0 Å². The second-order valence-electron chi connectivity index (χ2n) is 5.99. The first-order valence-electron chi connectivity index (χ1n) is 7.68. The van der Waals surface area contributed by atoms with Crippen LogP contribution in [0.15, 0.2) is 24.3 Å². The fourth-order valence-electron chi connectivity index (χ4n) is 3.20. The van der Waals surface area contributed by atoms with Crippen LogP contribution in [0.5, 0.6) is 0 Å². The summed E-state index contributed by atoms with van der Waals surface area (Å²) < 4.78 is 13.0. The lowest BCUT2D eigenvalue weighted by Gasteiger charge is -2.37. The Morgan fingerprint density at radius 3 is 2.43 bits per heavy atom. The van der Waals surface area contributed by atoms with Crippen molar-refractivity contribution in [2.75, 3.05) is 37.6 Å². The normalized spacial score (nSPS) is 26.2. The summed E-state index contributed by atoms with van der Waals surface area (Å²) in [7, 11) is 0. The summed E-state index contributed by atoms with van der Waals surface area (Å²) >= 11 is 0. The maximum absolute atomic E-state index is 13.0. The van der Waals surface area contributed by atoms with E-state index in [1.165, 1.54) is 12.1 Å². The molecule has 1 N–H and O–H groups in total. The number of hydrogen-bond donors (Lipinski definition) is 1. The highest BCUT2D eigenvalue weighted by molar-refractivity contribution is 5.82. The van der Waals surface area contributed by atoms with Crippen LogP contribution >= 0.6 is 0 Å². The lowest BCUT2D eigenvalue weighted by Crippen LogP contribution is -2.54. The lowest BCUT2D eigenvalue weighted by molar-refractivity contribution is -0.134. The summed E-state index contributed by atoms with van der Waals surface area (Å²) in [5.41, 5.74) is 1.02. The molecule has 1 aromatic rings. The minimum atomic E-state index is -0.214. The molecule has 0 saturated carbocycles. The quantitative estimate of drug-likeness (QED) is 0.896. The predicted octanol–water partition coefficient (Wildman–Crippen LogP) is 1.47. The number of rotatable bonds is 2. The SMILES string of the molecule is CC1CCNC1C(=O)N1CCN(c2ccc(F)cc2)CC1. The van der Waals surface area contributed by atoms with Gasteiger partial charge in [0.2, 0.25) is 5.91 Å². The van der Waals surface area contributed by atoms with E-state index in [9.17, 15) is 9.18 Å². The van der Waals surface area contributed by atoms with Crippen molar-refractivity contribution >= 4 is 11.6 Å². The number of anilines is 1. The molecule has 0 radical (unpaired) electrons. The highest BCUT2D eigenvalue weighted by Crippen LogP contribution is 2.20. The number of carbonyl (C=O) groups excluding carboxylic acids is 1. The molecule has 5 heteroatoms. The number of halogens is 1. The molecule has 4 nitrogen and oxygen atoms in total. The molecule has 21 heavy (non-hydrogen) atoms. The van der Waals surface area contributed by atoms with Gasteiger partial charge in [0, 0.05) is 31.9 Å². The third-order valence-electron chi connectivity index (χ3n) is 4.58. The topological polar surface area (TPSA) is 35.6 Å². The van der Waals surface area contributed by atoms with E-state index in [0.717, 1.165) is 44.8 Å². The highest BCUT2D eigenvalue weighted by Gasteiger charge is 2.33. The maximum Gasteiger partial charge on any atom is 0.240 e. The summed E-state index contributed by atoms with van der Waals surface area (Å²) in [5.74, 6) is 0.445. The molecule has 2 fully saturated rings. The molecule has 2 aliphatic rings. The van der Waals surface area contributed by atoms with E-state index in [4.69, 9.17) is 0 Å². The zero-order chi connectivity index (χ0) is 14.8. The smallest absolute Gasteiger partial charge is 0.240 e. The number of hydrogen-bond acceptors (Lipinski definition) is 3. The molecule has 2 aliphatic heterocycles. The standard InChI is InChI=1S/C16H22FN3O/c1-12-6-7-18-15(12)16(21)20-10-8-19(9-11-20)14-4-2-13(17)3-5-14/h2-5,12,15,18H,6-11H2,1H3. The first kappa shape index (κ1) is 14.3. The third-order valence-corrected chi connectivity index (χ3v) is 4.58. The van der Waals surface area contributed by atoms with Crippen LogP contribution in [0.2, 0.25) is 0 Å². The van der Waals surface area contributed by atoms with Gasteiger partial charge in [0.1, 0.15) is 5.82 Å². The van der Waals surface area contributed by atoms with Crippen molar-refractivity contribution in [3.05, 3.63) is 30.1 Å². The van der Waals surface area contributed by atoms with Crippen molar-refractivity contribution < 1.29 is 9.18 Å². The van der Waals surface area contributed by atoms with Gasteiger partial charge < -0.3 is 15.1 Å². The van der Waals surface area contributed by atoms with E-state index in [0.29, 0.717) is 5.92 Å². The molecule has 0 aromatic heterocycles. The maximum atomic E-state index is 13.0. The van der Waals surface area contributed by atoms with Gasteiger partial charge in [-0.2, -0.15) is 0 Å². The molecular weight excluding hydrogens is 269 g/mol. The largest absolute Gasteiger partial charge is 0.368 e. The Bertz CT molecular complexity index is 497. The van der Waals surface area contributed by atoms with Crippen molar-refractivity contribution in [2.24, 2.45) is 5.92 Å². The van der Waals surface area contributed by atoms with Gasteiger partial charge in [0.05, 0.1) is 6.04 Å². The molecule has 0 aliphatic carbocycles. The molecule has 2 saturated heterocycles. The molecule has 1 amide bonds. The van der Waals surface area contributed by atoms with Crippen molar-refractivity contribution in [2.45, 2.75) is 19.4 Å². The van der Waals surface area contributed by atoms with Crippen LogP contribution in [0.4, 0.5) is 10.1 Å². The van der Waals surface area contributed by atoms with Crippen molar-refractivity contribution in [1.82, 2.24) is 10.2 Å². The van der Waals surface area contributed by atoms with E-state index < -0.39 is 0 Å². The predicted molar refractivity (Wildman–Crippen MR) is 80.8 cm³/mol. The lowest BCUT2D eigenvalue weighted by atomic mass is 10.0. The van der Waals surface area contributed by atoms with Crippen LogP contribution < -0.4 is 10.2 Å². The number of benzene rings is 1. The van der Waals surface area contributed by atoms with Crippen LogP contribution in [-0.4, -0.2) is 49.6 Å².